The van der Waals surface area contributed by atoms with Crippen LogP contribution in [0.1, 0.15) is 26.4 Å². The van der Waals surface area contributed by atoms with Crippen LogP contribution >= 0.6 is 22.6 Å². The van der Waals surface area contributed by atoms with E-state index in [1.54, 1.807) is 12.1 Å². The smallest absolute Gasteiger partial charge is 0.339 e. The van der Waals surface area contributed by atoms with Gasteiger partial charge < -0.3 is 9.72 Å². The molecule has 0 aliphatic rings. The molecule has 0 spiro atoms. The minimum absolute atomic E-state index is 0.209. The molecule has 0 bridgehead atoms. The highest BCUT2D eigenvalue weighted by Gasteiger charge is 2.18. The third-order valence-electron chi connectivity index (χ3n) is 3.60. The summed E-state index contributed by atoms with van der Waals surface area (Å²) >= 11 is 2.07. The van der Waals surface area contributed by atoms with E-state index in [-0.39, 0.29) is 12.4 Å². The number of Topliss-reactive ketones (excluding diaryl/α,β-unsaturated/α-hetero) is 1. The largest absolute Gasteiger partial charge is 0.454 e. The number of ether oxygens (including phenoxy) is 1. The molecular formula is C18H14INO3. The molecule has 23 heavy (non-hydrogen) atoms. The maximum Gasteiger partial charge on any atom is 0.339 e. The van der Waals surface area contributed by atoms with Crippen LogP contribution in [0.5, 0.6) is 0 Å². The number of H-pyrrole nitrogens is 1. The lowest BCUT2D eigenvalue weighted by Gasteiger charge is -2.06. The normalized spacial score (nSPS) is 10.7. The summed E-state index contributed by atoms with van der Waals surface area (Å²) in [6, 6.07) is 14.7. The van der Waals surface area contributed by atoms with E-state index in [9.17, 15) is 9.59 Å². The lowest BCUT2D eigenvalue weighted by atomic mass is 10.1. The Kier molecular flexibility index (Phi) is 4.47. The number of fused-ring (bicyclic) bond motifs is 1. The van der Waals surface area contributed by atoms with Crippen molar-refractivity contribution in [3.63, 3.8) is 0 Å². The molecule has 0 saturated heterocycles. The number of halogens is 1. The van der Waals surface area contributed by atoms with Crippen LogP contribution in [0.3, 0.4) is 0 Å². The van der Waals surface area contributed by atoms with E-state index in [4.69, 9.17) is 4.74 Å². The summed E-state index contributed by atoms with van der Waals surface area (Å²) in [5.41, 5.74) is 2.73. The Bertz CT molecular complexity index is 898. The van der Waals surface area contributed by atoms with Crippen LogP contribution in [0.4, 0.5) is 0 Å². The summed E-state index contributed by atoms with van der Waals surface area (Å²) in [6.45, 7) is 1.57. The maximum absolute atomic E-state index is 12.5. The van der Waals surface area contributed by atoms with Crippen molar-refractivity contribution in [3.8, 4) is 0 Å². The average molecular weight is 419 g/mol. The molecule has 3 aromatic rings. The first kappa shape index (κ1) is 15.7. The van der Waals surface area contributed by atoms with Gasteiger partial charge in [-0.1, -0.05) is 30.3 Å². The van der Waals surface area contributed by atoms with Crippen LogP contribution in [0.2, 0.25) is 0 Å². The highest BCUT2D eigenvalue weighted by atomic mass is 127. The second kappa shape index (κ2) is 6.54. The molecule has 5 heteroatoms. The van der Waals surface area contributed by atoms with Gasteiger partial charge in [0.1, 0.15) is 0 Å². The Morgan fingerprint density at radius 1 is 1.09 bits per heavy atom. The maximum atomic E-state index is 12.5. The number of aromatic nitrogens is 1. The SMILES string of the molecule is Cc1[nH]c2ccccc2c1C(=O)COC(=O)c1ccccc1I. The predicted molar refractivity (Wildman–Crippen MR) is 96.8 cm³/mol. The van der Waals surface area contributed by atoms with Gasteiger partial charge in [0.15, 0.2) is 6.61 Å². The fourth-order valence-corrected chi connectivity index (χ4v) is 3.15. The van der Waals surface area contributed by atoms with E-state index >= 15 is 0 Å². The van der Waals surface area contributed by atoms with Crippen LogP contribution in [0.15, 0.2) is 48.5 Å². The third-order valence-corrected chi connectivity index (χ3v) is 4.54. The number of aromatic amines is 1. The number of carbonyl (C=O) groups is 2. The predicted octanol–water partition coefficient (Wildman–Crippen LogP) is 4.12. The monoisotopic (exact) mass is 419 g/mol. The lowest BCUT2D eigenvalue weighted by Crippen LogP contribution is -2.15. The molecule has 0 radical (unpaired) electrons. The minimum Gasteiger partial charge on any atom is -0.454 e. The summed E-state index contributed by atoms with van der Waals surface area (Å²) in [7, 11) is 0. The van der Waals surface area contributed by atoms with Crippen LogP contribution in [0.25, 0.3) is 10.9 Å². The average Bonchev–Trinajstić information content (AvgIpc) is 2.88. The van der Waals surface area contributed by atoms with E-state index in [0.717, 1.165) is 20.2 Å². The van der Waals surface area contributed by atoms with E-state index in [0.29, 0.717) is 11.1 Å². The molecule has 1 aromatic heterocycles. The summed E-state index contributed by atoms with van der Waals surface area (Å²) in [6.07, 6.45) is 0. The number of carbonyl (C=O) groups excluding carboxylic acids is 2. The number of para-hydroxylation sites is 1. The number of rotatable bonds is 4. The van der Waals surface area contributed by atoms with Gasteiger partial charge in [-0.25, -0.2) is 4.79 Å². The van der Waals surface area contributed by atoms with Gasteiger partial charge in [0.2, 0.25) is 5.78 Å². The quantitative estimate of drug-likeness (QED) is 0.393. The molecule has 0 amide bonds. The van der Waals surface area contributed by atoms with Gasteiger partial charge in [-0.15, -0.1) is 0 Å². The summed E-state index contributed by atoms with van der Waals surface area (Å²) in [5, 5.41) is 0.848. The lowest BCUT2D eigenvalue weighted by molar-refractivity contribution is 0.0474. The van der Waals surface area contributed by atoms with Gasteiger partial charge in [0.05, 0.1) is 5.56 Å². The molecule has 0 fully saturated rings. The number of hydrogen-bond acceptors (Lipinski definition) is 3. The van der Waals surface area contributed by atoms with Gasteiger partial charge in [0, 0.05) is 25.7 Å². The van der Waals surface area contributed by atoms with Crippen molar-refractivity contribution in [2.45, 2.75) is 6.92 Å². The summed E-state index contributed by atoms with van der Waals surface area (Å²) in [5.74, 6) is -0.694. The fraction of sp³-hybridized carbons (Fsp3) is 0.111. The topological polar surface area (TPSA) is 59.2 Å². The van der Waals surface area contributed by atoms with Crippen LogP contribution in [-0.4, -0.2) is 23.3 Å². The molecule has 2 aromatic carbocycles. The number of benzene rings is 2. The first-order valence-corrected chi connectivity index (χ1v) is 8.18. The van der Waals surface area contributed by atoms with E-state index in [1.807, 2.05) is 43.3 Å². The molecular weight excluding hydrogens is 405 g/mol. The van der Waals surface area contributed by atoms with Crippen molar-refractivity contribution in [1.29, 1.82) is 0 Å². The Morgan fingerprint density at radius 2 is 1.78 bits per heavy atom. The molecule has 0 aliphatic carbocycles. The van der Waals surface area contributed by atoms with Gasteiger partial charge in [-0.05, 0) is 47.7 Å². The molecule has 0 atom stereocenters. The van der Waals surface area contributed by atoms with Gasteiger partial charge >= 0.3 is 5.97 Å². The Morgan fingerprint density at radius 3 is 2.57 bits per heavy atom. The van der Waals surface area contributed by atoms with Crippen molar-refractivity contribution in [2.24, 2.45) is 0 Å². The van der Waals surface area contributed by atoms with Crippen molar-refractivity contribution >= 4 is 45.2 Å². The summed E-state index contributed by atoms with van der Waals surface area (Å²) in [4.78, 5) is 27.7. The Hall–Kier alpha value is -2.15. The van der Waals surface area contributed by atoms with E-state index < -0.39 is 5.97 Å². The van der Waals surface area contributed by atoms with Gasteiger partial charge in [-0.3, -0.25) is 4.79 Å². The van der Waals surface area contributed by atoms with Crippen LogP contribution in [0, 0.1) is 10.5 Å². The Labute approximate surface area is 147 Å². The van der Waals surface area contributed by atoms with E-state index in [1.165, 1.54) is 0 Å². The first-order chi connectivity index (χ1) is 11.1. The number of esters is 1. The standard InChI is InChI=1S/C18H14INO3/c1-11-17(13-7-3-5-9-15(13)20-11)16(21)10-23-18(22)12-6-2-4-8-14(12)19/h2-9,20H,10H2,1H3. The second-order valence-electron chi connectivity index (χ2n) is 5.15. The first-order valence-electron chi connectivity index (χ1n) is 7.10. The van der Waals surface area contributed by atoms with Crippen molar-refractivity contribution in [1.82, 2.24) is 4.98 Å². The zero-order valence-corrected chi connectivity index (χ0v) is 14.6. The van der Waals surface area contributed by atoms with Crippen molar-refractivity contribution in [2.75, 3.05) is 6.61 Å². The molecule has 0 unspecified atom stereocenters. The minimum atomic E-state index is -0.485. The zero-order chi connectivity index (χ0) is 16.4. The molecule has 1 N–H and O–H groups in total. The molecule has 0 saturated carbocycles. The van der Waals surface area contributed by atoms with Crippen molar-refractivity contribution in [3.05, 3.63) is 68.9 Å². The fourth-order valence-electron chi connectivity index (χ4n) is 2.54. The van der Waals surface area contributed by atoms with Gasteiger partial charge in [0.25, 0.3) is 0 Å². The number of ketones is 1. The molecule has 3 rings (SSSR count). The van der Waals surface area contributed by atoms with Gasteiger partial charge in [-0.2, -0.15) is 0 Å². The highest BCUT2D eigenvalue weighted by Crippen LogP contribution is 2.22. The van der Waals surface area contributed by atoms with Crippen LogP contribution < -0.4 is 0 Å². The second-order valence-corrected chi connectivity index (χ2v) is 6.31. The number of hydrogen-bond donors (Lipinski definition) is 1. The number of nitrogens with one attached hydrogen (secondary N) is 1. The molecule has 116 valence electrons. The Balaban J connectivity index is 1.78. The number of aryl methyl sites for hydroxylation is 1. The van der Waals surface area contributed by atoms with Crippen LogP contribution in [-0.2, 0) is 4.74 Å². The molecule has 4 nitrogen and oxygen atoms in total. The zero-order valence-electron chi connectivity index (χ0n) is 12.4. The summed E-state index contributed by atoms with van der Waals surface area (Å²) < 4.78 is 5.99. The molecule has 1 heterocycles. The highest BCUT2D eigenvalue weighted by molar-refractivity contribution is 14.1. The van der Waals surface area contributed by atoms with Crippen molar-refractivity contribution < 1.29 is 14.3 Å². The molecule has 0 aliphatic heterocycles. The van der Waals surface area contributed by atoms with E-state index in [2.05, 4.69) is 27.6 Å². The third kappa shape index (κ3) is 3.14.